The Labute approximate surface area is 198 Å². The van der Waals surface area contributed by atoms with Crippen molar-refractivity contribution in [2.45, 2.75) is 0 Å². The minimum Gasteiger partial charge on any atom is -0.378 e. The van der Waals surface area contributed by atoms with E-state index in [0.29, 0.717) is 24.7 Å². The summed E-state index contributed by atoms with van der Waals surface area (Å²) in [5, 5.41) is 6.21. The first-order valence-corrected chi connectivity index (χ1v) is 11.3. The van der Waals surface area contributed by atoms with Crippen molar-refractivity contribution in [3.8, 4) is 11.3 Å². The van der Waals surface area contributed by atoms with Gasteiger partial charge in [0, 0.05) is 41.7 Å². The number of carbonyl (C=O) groups excluding carboxylic acids is 1. The van der Waals surface area contributed by atoms with Crippen LogP contribution >= 0.6 is 0 Å². The quantitative estimate of drug-likeness (QED) is 0.431. The van der Waals surface area contributed by atoms with Gasteiger partial charge in [0.1, 0.15) is 5.82 Å². The molecule has 0 aliphatic carbocycles. The number of morpholine rings is 1. The third-order valence-electron chi connectivity index (χ3n) is 5.53. The first-order chi connectivity index (χ1) is 16.7. The molecule has 0 radical (unpaired) electrons. The van der Waals surface area contributed by atoms with Gasteiger partial charge in [-0.2, -0.15) is 4.98 Å². The Morgan fingerprint density at radius 1 is 0.794 bits per heavy atom. The predicted molar refractivity (Wildman–Crippen MR) is 135 cm³/mol. The lowest BCUT2D eigenvalue weighted by molar-refractivity contribution is 0.102. The summed E-state index contributed by atoms with van der Waals surface area (Å²) >= 11 is 0. The standard InChI is InChI=1S/C27H25N5O2/c33-26(28-22-11-5-2-6-12-22)21-10-7-13-23(18-21)29-27-30-24(20-8-3-1-4-9-20)19-25(31-27)32-14-16-34-17-15-32/h1-13,18-19H,14-17H2,(H,28,33)(H,29,30,31). The van der Waals surface area contributed by atoms with Crippen LogP contribution in [-0.4, -0.2) is 42.2 Å². The third kappa shape index (κ3) is 5.22. The topological polar surface area (TPSA) is 79.4 Å². The number of hydrogen-bond donors (Lipinski definition) is 2. The number of carbonyl (C=O) groups is 1. The van der Waals surface area contributed by atoms with Crippen molar-refractivity contribution in [3.05, 3.63) is 96.6 Å². The van der Waals surface area contributed by atoms with Crippen molar-refractivity contribution in [1.82, 2.24) is 9.97 Å². The molecule has 0 atom stereocenters. The van der Waals surface area contributed by atoms with Gasteiger partial charge in [-0.15, -0.1) is 0 Å². The Kier molecular flexibility index (Phi) is 6.45. The van der Waals surface area contributed by atoms with Crippen LogP contribution in [-0.2, 0) is 4.74 Å². The van der Waals surface area contributed by atoms with E-state index in [1.165, 1.54) is 0 Å². The molecular formula is C27H25N5O2. The molecule has 5 rings (SSSR count). The maximum absolute atomic E-state index is 12.7. The van der Waals surface area contributed by atoms with Gasteiger partial charge in [-0.05, 0) is 30.3 Å². The molecule has 0 unspecified atom stereocenters. The zero-order valence-corrected chi connectivity index (χ0v) is 18.6. The second-order valence-corrected chi connectivity index (χ2v) is 7.93. The monoisotopic (exact) mass is 451 g/mol. The lowest BCUT2D eigenvalue weighted by Crippen LogP contribution is -2.36. The first-order valence-electron chi connectivity index (χ1n) is 11.3. The highest BCUT2D eigenvalue weighted by molar-refractivity contribution is 6.04. The Morgan fingerprint density at radius 3 is 2.26 bits per heavy atom. The van der Waals surface area contributed by atoms with E-state index in [9.17, 15) is 4.79 Å². The molecule has 1 aliphatic rings. The van der Waals surface area contributed by atoms with E-state index >= 15 is 0 Å². The number of ether oxygens (including phenoxy) is 1. The van der Waals surface area contributed by atoms with Crippen molar-refractivity contribution >= 4 is 29.0 Å². The van der Waals surface area contributed by atoms with Crippen LogP contribution in [0.1, 0.15) is 10.4 Å². The molecule has 3 aromatic carbocycles. The molecule has 1 aromatic heterocycles. The fourth-order valence-corrected chi connectivity index (χ4v) is 3.79. The number of amides is 1. The summed E-state index contributed by atoms with van der Waals surface area (Å²) in [6.07, 6.45) is 0. The molecule has 1 aliphatic heterocycles. The molecule has 0 bridgehead atoms. The van der Waals surface area contributed by atoms with Gasteiger partial charge in [-0.1, -0.05) is 54.6 Å². The number of hydrogen-bond acceptors (Lipinski definition) is 6. The van der Waals surface area contributed by atoms with Crippen LogP contribution in [0, 0.1) is 0 Å². The van der Waals surface area contributed by atoms with E-state index in [2.05, 4.69) is 15.5 Å². The minimum atomic E-state index is -0.178. The molecule has 34 heavy (non-hydrogen) atoms. The lowest BCUT2D eigenvalue weighted by Gasteiger charge is -2.28. The van der Waals surface area contributed by atoms with Gasteiger partial charge < -0.3 is 20.3 Å². The Balaban J connectivity index is 1.42. The van der Waals surface area contributed by atoms with Crippen molar-refractivity contribution in [2.75, 3.05) is 41.8 Å². The van der Waals surface area contributed by atoms with Crippen LogP contribution in [0.5, 0.6) is 0 Å². The van der Waals surface area contributed by atoms with Crippen molar-refractivity contribution in [1.29, 1.82) is 0 Å². The molecule has 170 valence electrons. The smallest absolute Gasteiger partial charge is 0.255 e. The van der Waals surface area contributed by atoms with Gasteiger partial charge in [0.15, 0.2) is 0 Å². The maximum atomic E-state index is 12.7. The van der Waals surface area contributed by atoms with Gasteiger partial charge in [0.2, 0.25) is 5.95 Å². The second kappa shape index (κ2) is 10.1. The molecule has 2 N–H and O–H groups in total. The van der Waals surface area contributed by atoms with E-state index in [1.54, 1.807) is 12.1 Å². The molecule has 1 amide bonds. The van der Waals surface area contributed by atoms with E-state index in [4.69, 9.17) is 14.7 Å². The summed E-state index contributed by atoms with van der Waals surface area (Å²) < 4.78 is 5.50. The summed E-state index contributed by atoms with van der Waals surface area (Å²) in [5.41, 5.74) is 3.87. The summed E-state index contributed by atoms with van der Waals surface area (Å²) in [6, 6.07) is 28.8. The fraction of sp³-hybridized carbons (Fsp3) is 0.148. The van der Waals surface area contributed by atoms with E-state index < -0.39 is 0 Å². The number of para-hydroxylation sites is 1. The number of aromatic nitrogens is 2. The largest absolute Gasteiger partial charge is 0.378 e. The van der Waals surface area contributed by atoms with Crippen LogP contribution in [0.2, 0.25) is 0 Å². The summed E-state index contributed by atoms with van der Waals surface area (Å²) in [6.45, 7) is 2.90. The number of benzene rings is 3. The van der Waals surface area contributed by atoms with Gasteiger partial charge in [0.25, 0.3) is 5.91 Å². The molecule has 2 heterocycles. The SMILES string of the molecule is O=C(Nc1ccccc1)c1cccc(Nc2nc(-c3ccccc3)cc(N3CCOCC3)n2)c1. The van der Waals surface area contributed by atoms with Crippen LogP contribution in [0.25, 0.3) is 11.3 Å². The number of nitrogens with zero attached hydrogens (tertiary/aromatic N) is 3. The van der Waals surface area contributed by atoms with Gasteiger partial charge in [-0.25, -0.2) is 4.98 Å². The summed E-state index contributed by atoms with van der Waals surface area (Å²) in [4.78, 5) is 24.5. The highest BCUT2D eigenvalue weighted by Gasteiger charge is 2.16. The summed E-state index contributed by atoms with van der Waals surface area (Å²) in [5.74, 6) is 1.14. The normalized spacial score (nSPS) is 13.4. The Morgan fingerprint density at radius 2 is 1.50 bits per heavy atom. The van der Waals surface area contributed by atoms with Crippen molar-refractivity contribution < 1.29 is 9.53 Å². The predicted octanol–water partition coefficient (Wildman–Crippen LogP) is 4.98. The molecule has 4 aromatic rings. The number of nitrogens with one attached hydrogen (secondary N) is 2. The zero-order chi connectivity index (χ0) is 23.2. The molecule has 1 fully saturated rings. The number of anilines is 4. The zero-order valence-electron chi connectivity index (χ0n) is 18.6. The highest BCUT2D eigenvalue weighted by Crippen LogP contribution is 2.26. The van der Waals surface area contributed by atoms with Crippen LogP contribution < -0.4 is 15.5 Å². The molecule has 0 spiro atoms. The van der Waals surface area contributed by atoms with Crippen LogP contribution in [0.15, 0.2) is 91.0 Å². The fourth-order valence-electron chi connectivity index (χ4n) is 3.79. The third-order valence-corrected chi connectivity index (χ3v) is 5.53. The van der Waals surface area contributed by atoms with Gasteiger partial charge in [-0.3, -0.25) is 4.79 Å². The molecular weight excluding hydrogens is 426 g/mol. The number of rotatable bonds is 6. The first kappa shape index (κ1) is 21.6. The molecule has 1 saturated heterocycles. The second-order valence-electron chi connectivity index (χ2n) is 7.93. The minimum absolute atomic E-state index is 0.178. The molecule has 7 heteroatoms. The summed E-state index contributed by atoms with van der Waals surface area (Å²) in [7, 11) is 0. The van der Waals surface area contributed by atoms with E-state index in [1.807, 2.05) is 78.9 Å². The molecule has 7 nitrogen and oxygen atoms in total. The highest BCUT2D eigenvalue weighted by atomic mass is 16.5. The lowest BCUT2D eigenvalue weighted by atomic mass is 10.1. The maximum Gasteiger partial charge on any atom is 0.255 e. The van der Waals surface area contributed by atoms with Crippen LogP contribution in [0.4, 0.5) is 23.1 Å². The van der Waals surface area contributed by atoms with Gasteiger partial charge in [0.05, 0.1) is 18.9 Å². The van der Waals surface area contributed by atoms with E-state index in [0.717, 1.165) is 41.5 Å². The average molecular weight is 452 g/mol. The van der Waals surface area contributed by atoms with E-state index in [-0.39, 0.29) is 5.91 Å². The average Bonchev–Trinajstić information content (AvgIpc) is 2.90. The van der Waals surface area contributed by atoms with Crippen molar-refractivity contribution in [2.24, 2.45) is 0 Å². The Bertz CT molecular complexity index is 1260. The Hall–Kier alpha value is -4.23. The van der Waals surface area contributed by atoms with Gasteiger partial charge >= 0.3 is 0 Å². The van der Waals surface area contributed by atoms with Crippen LogP contribution in [0.3, 0.4) is 0 Å². The van der Waals surface area contributed by atoms with Crippen molar-refractivity contribution in [3.63, 3.8) is 0 Å². The molecule has 0 saturated carbocycles.